The van der Waals surface area contributed by atoms with Crippen LogP contribution in [-0.4, -0.2) is 72.9 Å². The van der Waals surface area contributed by atoms with E-state index in [0.29, 0.717) is 24.9 Å². The van der Waals surface area contributed by atoms with Gasteiger partial charge in [-0.2, -0.15) is 0 Å². The summed E-state index contributed by atoms with van der Waals surface area (Å²) in [5.41, 5.74) is 0. The predicted molar refractivity (Wildman–Crippen MR) is 101 cm³/mol. The van der Waals surface area contributed by atoms with Crippen LogP contribution in [0.2, 0.25) is 0 Å². The quantitative estimate of drug-likeness (QED) is 0.710. The third-order valence-electron chi connectivity index (χ3n) is 5.18. The molecule has 1 saturated heterocycles. The topological polar surface area (TPSA) is 92.9 Å². The monoisotopic (exact) mass is 388 g/mol. The van der Waals surface area contributed by atoms with Crippen molar-refractivity contribution in [3.05, 3.63) is 18.5 Å². The normalized spacial score (nSPS) is 18.7. The van der Waals surface area contributed by atoms with Gasteiger partial charge in [0.25, 0.3) is 0 Å². The summed E-state index contributed by atoms with van der Waals surface area (Å²) in [7, 11) is 0. The van der Waals surface area contributed by atoms with Crippen LogP contribution in [0, 0.1) is 0 Å². The van der Waals surface area contributed by atoms with Gasteiger partial charge in [0.15, 0.2) is 0 Å². The van der Waals surface area contributed by atoms with Crippen molar-refractivity contribution in [3.8, 4) is 0 Å². The van der Waals surface area contributed by atoms with Crippen LogP contribution in [0.3, 0.4) is 0 Å². The SMILES string of the molecule is O=C(CSc1nnnn1C1CCCCC1)N1CCN(c2ncccn2)CC1. The first-order valence-corrected chi connectivity index (χ1v) is 10.5. The fourth-order valence-electron chi connectivity index (χ4n) is 3.66. The van der Waals surface area contributed by atoms with E-state index >= 15 is 0 Å². The van der Waals surface area contributed by atoms with Crippen LogP contribution < -0.4 is 4.90 Å². The summed E-state index contributed by atoms with van der Waals surface area (Å²) in [6, 6.07) is 2.18. The number of aromatic nitrogens is 6. The molecule has 0 unspecified atom stereocenters. The first kappa shape index (κ1) is 18.1. The maximum atomic E-state index is 12.6. The van der Waals surface area contributed by atoms with Crippen molar-refractivity contribution in [2.45, 2.75) is 43.3 Å². The Morgan fingerprint density at radius 1 is 1.07 bits per heavy atom. The van der Waals surface area contributed by atoms with Crippen molar-refractivity contribution in [1.82, 2.24) is 35.1 Å². The molecule has 0 aromatic carbocycles. The Hall–Kier alpha value is -2.23. The van der Waals surface area contributed by atoms with Crippen molar-refractivity contribution >= 4 is 23.6 Å². The largest absolute Gasteiger partial charge is 0.338 e. The molecule has 4 rings (SSSR count). The molecule has 2 aromatic heterocycles. The Morgan fingerprint density at radius 2 is 1.81 bits per heavy atom. The molecule has 0 bridgehead atoms. The van der Waals surface area contributed by atoms with Gasteiger partial charge in [0.05, 0.1) is 11.8 Å². The number of anilines is 1. The first-order chi connectivity index (χ1) is 13.3. The van der Waals surface area contributed by atoms with E-state index in [1.807, 2.05) is 9.58 Å². The summed E-state index contributed by atoms with van der Waals surface area (Å²) in [6.45, 7) is 2.87. The fourth-order valence-corrected chi connectivity index (χ4v) is 4.51. The molecular weight excluding hydrogens is 364 g/mol. The number of carbonyl (C=O) groups is 1. The Balaban J connectivity index is 1.28. The Kier molecular flexibility index (Phi) is 5.81. The highest BCUT2D eigenvalue weighted by atomic mass is 32.2. The van der Waals surface area contributed by atoms with Crippen molar-refractivity contribution in [3.63, 3.8) is 0 Å². The van der Waals surface area contributed by atoms with Gasteiger partial charge in [-0.25, -0.2) is 14.6 Å². The zero-order valence-corrected chi connectivity index (χ0v) is 16.1. The number of thioether (sulfide) groups is 1. The highest BCUT2D eigenvalue weighted by Gasteiger charge is 2.24. The summed E-state index contributed by atoms with van der Waals surface area (Å²) >= 11 is 1.44. The van der Waals surface area contributed by atoms with Gasteiger partial charge in [0, 0.05) is 38.6 Å². The Bertz CT molecular complexity index is 740. The molecule has 3 heterocycles. The number of piperazine rings is 1. The summed E-state index contributed by atoms with van der Waals surface area (Å²) in [5, 5.41) is 12.9. The van der Waals surface area contributed by atoms with E-state index in [4.69, 9.17) is 0 Å². The van der Waals surface area contributed by atoms with E-state index in [1.54, 1.807) is 18.5 Å². The molecule has 1 aliphatic carbocycles. The van der Waals surface area contributed by atoms with Crippen molar-refractivity contribution < 1.29 is 4.79 Å². The smallest absolute Gasteiger partial charge is 0.233 e. The summed E-state index contributed by atoms with van der Waals surface area (Å²) < 4.78 is 1.92. The predicted octanol–water partition coefficient (Wildman–Crippen LogP) is 1.41. The molecule has 2 aromatic rings. The minimum absolute atomic E-state index is 0.131. The van der Waals surface area contributed by atoms with Crippen LogP contribution in [0.5, 0.6) is 0 Å². The highest BCUT2D eigenvalue weighted by Crippen LogP contribution is 2.30. The van der Waals surface area contributed by atoms with Gasteiger partial charge in [-0.15, -0.1) is 5.10 Å². The van der Waals surface area contributed by atoms with Gasteiger partial charge >= 0.3 is 0 Å². The molecule has 1 aliphatic heterocycles. The molecule has 144 valence electrons. The second-order valence-corrected chi connectivity index (χ2v) is 7.85. The molecule has 2 aliphatic rings. The van der Waals surface area contributed by atoms with Crippen molar-refractivity contribution in [2.75, 3.05) is 36.8 Å². The Morgan fingerprint density at radius 3 is 2.56 bits per heavy atom. The van der Waals surface area contributed by atoms with Crippen LogP contribution in [0.15, 0.2) is 23.6 Å². The maximum Gasteiger partial charge on any atom is 0.233 e. The summed E-state index contributed by atoms with van der Waals surface area (Å²) in [4.78, 5) is 25.2. The van der Waals surface area contributed by atoms with E-state index in [-0.39, 0.29) is 5.91 Å². The zero-order valence-electron chi connectivity index (χ0n) is 15.3. The lowest BCUT2D eigenvalue weighted by atomic mass is 9.96. The molecule has 10 heteroatoms. The molecule has 1 saturated carbocycles. The van der Waals surface area contributed by atoms with Gasteiger partial charge in [0.2, 0.25) is 17.0 Å². The number of carbonyl (C=O) groups excluding carboxylic acids is 1. The number of amides is 1. The molecule has 2 fully saturated rings. The maximum absolute atomic E-state index is 12.6. The standard InChI is InChI=1S/C17H24N8OS/c26-15(23-9-11-24(12-10-23)16-18-7-4-8-19-16)13-27-17-20-21-22-25(17)14-5-2-1-3-6-14/h4,7-8,14H,1-3,5-6,9-13H2. The molecule has 27 heavy (non-hydrogen) atoms. The van der Waals surface area contributed by atoms with Gasteiger partial charge in [-0.05, 0) is 29.3 Å². The van der Waals surface area contributed by atoms with Gasteiger partial charge in [-0.3, -0.25) is 4.79 Å². The summed E-state index contributed by atoms with van der Waals surface area (Å²) in [6.07, 6.45) is 9.47. The van der Waals surface area contributed by atoms with Crippen molar-refractivity contribution in [2.24, 2.45) is 0 Å². The molecule has 9 nitrogen and oxygen atoms in total. The third-order valence-corrected chi connectivity index (χ3v) is 6.09. The minimum atomic E-state index is 0.131. The molecular formula is C17H24N8OS. The zero-order chi connectivity index (χ0) is 18.5. The lowest BCUT2D eigenvalue weighted by Crippen LogP contribution is -2.49. The second-order valence-electron chi connectivity index (χ2n) is 6.90. The number of rotatable bonds is 5. The van der Waals surface area contributed by atoms with Crippen LogP contribution in [-0.2, 0) is 4.79 Å². The van der Waals surface area contributed by atoms with Crippen LogP contribution >= 0.6 is 11.8 Å². The number of hydrogen-bond donors (Lipinski definition) is 0. The number of nitrogens with zero attached hydrogens (tertiary/aromatic N) is 8. The van der Waals surface area contributed by atoms with Gasteiger partial charge in [-0.1, -0.05) is 31.0 Å². The van der Waals surface area contributed by atoms with Gasteiger partial charge in [0.1, 0.15) is 0 Å². The van der Waals surface area contributed by atoms with Crippen LogP contribution in [0.1, 0.15) is 38.1 Å². The molecule has 0 spiro atoms. The summed E-state index contributed by atoms with van der Waals surface area (Å²) in [5.74, 6) is 1.23. The molecule has 0 atom stereocenters. The first-order valence-electron chi connectivity index (χ1n) is 9.51. The lowest BCUT2D eigenvalue weighted by Gasteiger charge is -2.34. The molecule has 1 amide bonds. The van der Waals surface area contributed by atoms with E-state index < -0.39 is 0 Å². The van der Waals surface area contributed by atoms with Gasteiger partial charge < -0.3 is 9.80 Å². The Labute approximate surface area is 162 Å². The van der Waals surface area contributed by atoms with Crippen LogP contribution in [0.25, 0.3) is 0 Å². The van der Waals surface area contributed by atoms with Crippen LogP contribution in [0.4, 0.5) is 5.95 Å². The van der Waals surface area contributed by atoms with E-state index in [0.717, 1.165) is 37.0 Å². The molecule has 0 radical (unpaired) electrons. The lowest BCUT2D eigenvalue weighted by molar-refractivity contribution is -0.128. The van der Waals surface area contributed by atoms with E-state index in [2.05, 4.69) is 30.4 Å². The van der Waals surface area contributed by atoms with Crippen molar-refractivity contribution in [1.29, 1.82) is 0 Å². The van der Waals surface area contributed by atoms with E-state index in [1.165, 1.54) is 31.0 Å². The van der Waals surface area contributed by atoms with E-state index in [9.17, 15) is 4.79 Å². The fraction of sp³-hybridized carbons (Fsp3) is 0.647. The highest BCUT2D eigenvalue weighted by molar-refractivity contribution is 7.99. The average Bonchev–Trinajstić information content (AvgIpc) is 3.22. The second kappa shape index (κ2) is 8.64. The minimum Gasteiger partial charge on any atom is -0.338 e. The number of hydrogen-bond acceptors (Lipinski definition) is 8. The average molecular weight is 389 g/mol. The molecule has 0 N–H and O–H groups in total. The third kappa shape index (κ3) is 4.37. The number of tetrazole rings is 1.